The molecule has 0 fully saturated rings. The zero-order chi connectivity index (χ0) is 10.8. The largest absolute Gasteiger partial charge is 0.324 e. The van der Waals surface area contributed by atoms with Crippen molar-refractivity contribution in [1.29, 1.82) is 0 Å². The van der Waals surface area contributed by atoms with E-state index in [4.69, 9.17) is 17.3 Å². The Bertz CT molecular complexity index is 445. The van der Waals surface area contributed by atoms with Gasteiger partial charge in [0, 0.05) is 12.2 Å². The van der Waals surface area contributed by atoms with E-state index in [0.717, 1.165) is 11.3 Å². The van der Waals surface area contributed by atoms with Crippen molar-refractivity contribution in [2.75, 3.05) is 0 Å². The van der Waals surface area contributed by atoms with Gasteiger partial charge in [-0.3, -0.25) is 0 Å². The molecule has 2 N–H and O–H groups in total. The Morgan fingerprint density at radius 2 is 2.00 bits per heavy atom. The summed E-state index contributed by atoms with van der Waals surface area (Å²) >= 11 is 5.79. The summed E-state index contributed by atoms with van der Waals surface area (Å²) < 4.78 is 1.73. The van der Waals surface area contributed by atoms with Gasteiger partial charge in [0.05, 0.1) is 16.9 Å². The van der Waals surface area contributed by atoms with Gasteiger partial charge < -0.3 is 5.73 Å². The molecule has 3 nitrogen and oxygen atoms in total. The van der Waals surface area contributed by atoms with Crippen LogP contribution in [-0.4, -0.2) is 9.78 Å². The normalized spacial score (nSPS) is 12.7. The van der Waals surface area contributed by atoms with Crippen LogP contribution in [0.15, 0.2) is 36.7 Å². The van der Waals surface area contributed by atoms with E-state index in [1.54, 1.807) is 17.1 Å². The molecule has 1 aromatic carbocycles. The molecular weight excluding hydrogens is 210 g/mol. The number of aromatic nitrogens is 2. The standard InChI is InChI=1S/C11H12ClN3/c1-8(13)9-2-4-11(5-3-9)15-7-10(12)6-14-15/h2-8H,13H2,1H3/t8-/m0/s1. The molecule has 1 atom stereocenters. The van der Waals surface area contributed by atoms with E-state index >= 15 is 0 Å². The van der Waals surface area contributed by atoms with Gasteiger partial charge in [-0.15, -0.1) is 0 Å². The van der Waals surface area contributed by atoms with Gasteiger partial charge in [0.15, 0.2) is 0 Å². The average Bonchev–Trinajstić information content (AvgIpc) is 2.65. The van der Waals surface area contributed by atoms with Crippen molar-refractivity contribution in [3.63, 3.8) is 0 Å². The summed E-state index contributed by atoms with van der Waals surface area (Å²) in [5.74, 6) is 0. The van der Waals surface area contributed by atoms with E-state index in [-0.39, 0.29) is 6.04 Å². The summed E-state index contributed by atoms with van der Waals surface area (Å²) in [7, 11) is 0. The van der Waals surface area contributed by atoms with Gasteiger partial charge in [0.25, 0.3) is 0 Å². The highest BCUT2D eigenvalue weighted by molar-refractivity contribution is 6.30. The average molecular weight is 222 g/mol. The van der Waals surface area contributed by atoms with Gasteiger partial charge in [-0.25, -0.2) is 4.68 Å². The van der Waals surface area contributed by atoms with Crippen LogP contribution in [0.25, 0.3) is 5.69 Å². The van der Waals surface area contributed by atoms with E-state index in [2.05, 4.69) is 5.10 Å². The van der Waals surface area contributed by atoms with Crippen molar-refractivity contribution >= 4 is 11.6 Å². The van der Waals surface area contributed by atoms with Crippen molar-refractivity contribution in [2.45, 2.75) is 13.0 Å². The summed E-state index contributed by atoms with van der Waals surface area (Å²) in [5.41, 5.74) is 7.85. The van der Waals surface area contributed by atoms with Crippen molar-refractivity contribution in [2.24, 2.45) is 5.73 Å². The van der Waals surface area contributed by atoms with E-state index in [9.17, 15) is 0 Å². The Kier molecular flexibility index (Phi) is 2.75. The van der Waals surface area contributed by atoms with Crippen LogP contribution in [0, 0.1) is 0 Å². The first-order chi connectivity index (χ1) is 7.16. The van der Waals surface area contributed by atoms with Crippen molar-refractivity contribution < 1.29 is 0 Å². The summed E-state index contributed by atoms with van der Waals surface area (Å²) in [4.78, 5) is 0. The number of halogens is 1. The van der Waals surface area contributed by atoms with Crippen molar-refractivity contribution in [3.05, 3.63) is 47.2 Å². The van der Waals surface area contributed by atoms with Crippen molar-refractivity contribution in [3.8, 4) is 5.69 Å². The maximum atomic E-state index is 5.79. The first-order valence-electron chi connectivity index (χ1n) is 4.73. The van der Waals surface area contributed by atoms with Gasteiger partial charge in [0.1, 0.15) is 0 Å². The molecule has 0 saturated carbocycles. The van der Waals surface area contributed by atoms with Crippen LogP contribution < -0.4 is 5.73 Å². The number of hydrogen-bond acceptors (Lipinski definition) is 2. The lowest BCUT2D eigenvalue weighted by Crippen LogP contribution is -2.05. The third-order valence-electron chi connectivity index (χ3n) is 2.23. The molecule has 0 aliphatic rings. The fraction of sp³-hybridized carbons (Fsp3) is 0.182. The highest BCUT2D eigenvalue weighted by Gasteiger charge is 2.01. The lowest BCUT2D eigenvalue weighted by molar-refractivity contribution is 0.814. The van der Waals surface area contributed by atoms with Gasteiger partial charge in [0.2, 0.25) is 0 Å². The molecule has 4 heteroatoms. The van der Waals surface area contributed by atoms with Crippen molar-refractivity contribution in [1.82, 2.24) is 9.78 Å². The minimum atomic E-state index is 0.0558. The van der Waals surface area contributed by atoms with E-state index in [1.807, 2.05) is 31.2 Å². The lowest BCUT2D eigenvalue weighted by atomic mass is 10.1. The Hall–Kier alpha value is -1.32. The Morgan fingerprint density at radius 1 is 1.33 bits per heavy atom. The van der Waals surface area contributed by atoms with Gasteiger partial charge in [-0.1, -0.05) is 23.7 Å². The summed E-state index contributed by atoms with van der Waals surface area (Å²) in [6.07, 6.45) is 3.38. The number of nitrogens with two attached hydrogens (primary N) is 1. The summed E-state index contributed by atoms with van der Waals surface area (Å²) in [5, 5.41) is 4.74. The molecule has 0 aliphatic carbocycles. The molecule has 2 aromatic rings. The molecule has 0 aliphatic heterocycles. The fourth-order valence-electron chi connectivity index (χ4n) is 1.37. The first kappa shape index (κ1) is 10.2. The zero-order valence-corrected chi connectivity index (χ0v) is 9.15. The van der Waals surface area contributed by atoms with Crippen LogP contribution in [0.1, 0.15) is 18.5 Å². The predicted molar refractivity (Wildman–Crippen MR) is 61.2 cm³/mol. The Morgan fingerprint density at radius 3 is 2.47 bits per heavy atom. The molecular formula is C11H12ClN3. The number of hydrogen-bond donors (Lipinski definition) is 1. The first-order valence-corrected chi connectivity index (χ1v) is 5.11. The van der Waals surface area contributed by atoms with Crippen LogP contribution in [-0.2, 0) is 0 Å². The predicted octanol–water partition coefficient (Wildman–Crippen LogP) is 2.55. The molecule has 0 amide bonds. The summed E-state index contributed by atoms with van der Waals surface area (Å²) in [6.45, 7) is 1.96. The maximum absolute atomic E-state index is 5.79. The SMILES string of the molecule is C[C@H](N)c1ccc(-n2cc(Cl)cn2)cc1. The molecule has 78 valence electrons. The molecule has 1 aromatic heterocycles. The van der Waals surface area contributed by atoms with Crippen LogP contribution in [0.4, 0.5) is 0 Å². The number of nitrogens with zero attached hydrogens (tertiary/aromatic N) is 2. The molecule has 15 heavy (non-hydrogen) atoms. The third kappa shape index (κ3) is 2.19. The van der Waals surface area contributed by atoms with E-state index < -0.39 is 0 Å². The smallest absolute Gasteiger partial charge is 0.0790 e. The van der Waals surface area contributed by atoms with E-state index in [1.165, 1.54) is 0 Å². The Labute approximate surface area is 93.5 Å². The summed E-state index contributed by atoms with van der Waals surface area (Å²) in [6, 6.07) is 8.00. The monoisotopic (exact) mass is 221 g/mol. The van der Waals surface area contributed by atoms with E-state index in [0.29, 0.717) is 5.02 Å². The topological polar surface area (TPSA) is 43.8 Å². The molecule has 0 radical (unpaired) electrons. The molecule has 0 unspecified atom stereocenters. The second kappa shape index (κ2) is 4.04. The lowest BCUT2D eigenvalue weighted by Gasteiger charge is -2.06. The quantitative estimate of drug-likeness (QED) is 0.847. The second-order valence-electron chi connectivity index (χ2n) is 3.48. The van der Waals surface area contributed by atoms with Crippen LogP contribution in [0.5, 0.6) is 0 Å². The molecule has 0 spiro atoms. The minimum absolute atomic E-state index is 0.0558. The number of benzene rings is 1. The Balaban J connectivity index is 2.31. The van der Waals surface area contributed by atoms with Gasteiger partial charge in [-0.05, 0) is 24.6 Å². The number of rotatable bonds is 2. The highest BCUT2D eigenvalue weighted by atomic mass is 35.5. The molecule has 2 rings (SSSR count). The molecule has 0 saturated heterocycles. The molecule has 1 heterocycles. The van der Waals surface area contributed by atoms with Crippen LogP contribution in [0.3, 0.4) is 0 Å². The van der Waals surface area contributed by atoms with Crippen LogP contribution in [0.2, 0.25) is 5.02 Å². The zero-order valence-electron chi connectivity index (χ0n) is 8.39. The molecule has 0 bridgehead atoms. The fourth-order valence-corrected chi connectivity index (χ4v) is 1.51. The van der Waals surface area contributed by atoms with Gasteiger partial charge >= 0.3 is 0 Å². The third-order valence-corrected chi connectivity index (χ3v) is 2.43. The maximum Gasteiger partial charge on any atom is 0.0790 e. The van der Waals surface area contributed by atoms with Gasteiger partial charge in [-0.2, -0.15) is 5.10 Å². The minimum Gasteiger partial charge on any atom is -0.324 e. The van der Waals surface area contributed by atoms with Crippen LogP contribution >= 0.6 is 11.6 Å². The highest BCUT2D eigenvalue weighted by Crippen LogP contribution is 2.15. The second-order valence-corrected chi connectivity index (χ2v) is 3.92.